The lowest BCUT2D eigenvalue weighted by Gasteiger charge is -2.31. The van der Waals surface area contributed by atoms with E-state index in [1.54, 1.807) is 18.9 Å². The summed E-state index contributed by atoms with van der Waals surface area (Å²) >= 11 is 1.79. The van der Waals surface area contributed by atoms with Gasteiger partial charge in [-0.25, -0.2) is 0 Å². The van der Waals surface area contributed by atoms with Crippen LogP contribution in [0.15, 0.2) is 40.9 Å². The molecular formula is C22H23N5O3S. The Morgan fingerprint density at radius 3 is 2.77 bits per heavy atom. The van der Waals surface area contributed by atoms with Crippen molar-refractivity contribution in [2.75, 3.05) is 30.4 Å². The highest BCUT2D eigenvalue weighted by Gasteiger charge is 2.29. The monoisotopic (exact) mass is 437 g/mol. The molecule has 4 heterocycles. The Morgan fingerprint density at radius 2 is 2.00 bits per heavy atom. The van der Waals surface area contributed by atoms with Crippen LogP contribution in [-0.4, -0.2) is 41.5 Å². The third-order valence-corrected chi connectivity index (χ3v) is 6.78. The maximum atomic E-state index is 12.7. The standard InChI is InChI=1S/C22H23N5O3S/c1-29-19-5-3-2-4-15(19)17-6-7-20(25-24-17)27-10-8-14(9-11-27)21(28)23-22-16-12-31-13-18(16)26-30-22/h2-7,14H,8-13H2,1H3,(H,23,28). The van der Waals surface area contributed by atoms with Crippen LogP contribution in [0.3, 0.4) is 0 Å². The van der Waals surface area contributed by atoms with Crippen molar-refractivity contribution in [2.45, 2.75) is 24.3 Å². The van der Waals surface area contributed by atoms with Gasteiger partial charge in [-0.05, 0) is 37.1 Å². The van der Waals surface area contributed by atoms with Crippen molar-refractivity contribution >= 4 is 29.4 Å². The summed E-state index contributed by atoms with van der Waals surface area (Å²) in [6.07, 6.45) is 1.51. The van der Waals surface area contributed by atoms with Crippen LogP contribution in [-0.2, 0) is 16.3 Å². The Kier molecular flexibility index (Phi) is 5.50. The number of para-hydroxylation sites is 1. The minimum absolute atomic E-state index is 0.00750. The summed E-state index contributed by atoms with van der Waals surface area (Å²) in [7, 11) is 1.65. The van der Waals surface area contributed by atoms with E-state index in [0.717, 1.165) is 71.5 Å². The van der Waals surface area contributed by atoms with Crippen LogP contribution in [0.1, 0.15) is 24.1 Å². The van der Waals surface area contributed by atoms with Crippen LogP contribution < -0.4 is 15.0 Å². The van der Waals surface area contributed by atoms with Gasteiger partial charge >= 0.3 is 0 Å². The molecule has 5 rings (SSSR count). The Balaban J connectivity index is 1.20. The molecule has 0 bridgehead atoms. The molecule has 160 valence electrons. The summed E-state index contributed by atoms with van der Waals surface area (Å²) < 4.78 is 10.7. The van der Waals surface area contributed by atoms with Gasteiger partial charge in [0.15, 0.2) is 5.82 Å². The molecule has 1 fully saturated rings. The van der Waals surface area contributed by atoms with Gasteiger partial charge in [0.2, 0.25) is 11.8 Å². The molecule has 2 aliphatic heterocycles. The van der Waals surface area contributed by atoms with Gasteiger partial charge in [0.1, 0.15) is 5.75 Å². The number of carbonyl (C=O) groups is 1. The largest absolute Gasteiger partial charge is 0.496 e. The first-order chi connectivity index (χ1) is 15.2. The number of ether oxygens (including phenoxy) is 1. The number of benzene rings is 1. The molecule has 0 unspecified atom stereocenters. The molecule has 9 heteroatoms. The smallest absolute Gasteiger partial charge is 0.235 e. The fourth-order valence-electron chi connectivity index (χ4n) is 4.03. The number of carbonyl (C=O) groups excluding carboxylic acids is 1. The molecule has 1 aromatic carbocycles. The molecule has 2 aromatic heterocycles. The zero-order valence-corrected chi connectivity index (χ0v) is 18.0. The second-order valence-electron chi connectivity index (χ2n) is 7.66. The van der Waals surface area contributed by atoms with Crippen LogP contribution in [0.2, 0.25) is 0 Å². The van der Waals surface area contributed by atoms with E-state index in [1.165, 1.54) is 0 Å². The van der Waals surface area contributed by atoms with Crippen LogP contribution in [0.25, 0.3) is 11.3 Å². The molecule has 0 atom stereocenters. The lowest BCUT2D eigenvalue weighted by atomic mass is 9.96. The van der Waals surface area contributed by atoms with E-state index in [2.05, 4.69) is 25.6 Å². The van der Waals surface area contributed by atoms with Gasteiger partial charge in [-0.15, -0.1) is 10.2 Å². The van der Waals surface area contributed by atoms with Crippen molar-refractivity contribution in [1.29, 1.82) is 0 Å². The summed E-state index contributed by atoms with van der Waals surface area (Å²) in [5.41, 5.74) is 3.66. The number of fused-ring (bicyclic) bond motifs is 1. The topological polar surface area (TPSA) is 93.4 Å². The maximum Gasteiger partial charge on any atom is 0.235 e. The first kappa shape index (κ1) is 19.9. The highest BCUT2D eigenvalue weighted by atomic mass is 32.2. The zero-order chi connectivity index (χ0) is 21.2. The third kappa shape index (κ3) is 3.97. The second kappa shape index (κ2) is 8.58. The second-order valence-corrected chi connectivity index (χ2v) is 8.64. The number of hydrogen-bond acceptors (Lipinski definition) is 8. The number of nitrogens with zero attached hydrogens (tertiary/aromatic N) is 4. The van der Waals surface area contributed by atoms with Gasteiger partial charge in [-0.1, -0.05) is 17.3 Å². The minimum atomic E-state index is -0.0492. The van der Waals surface area contributed by atoms with Crippen molar-refractivity contribution in [2.24, 2.45) is 5.92 Å². The van der Waals surface area contributed by atoms with E-state index >= 15 is 0 Å². The molecule has 0 aliphatic carbocycles. The molecule has 8 nitrogen and oxygen atoms in total. The van der Waals surface area contributed by atoms with E-state index in [4.69, 9.17) is 9.26 Å². The van der Waals surface area contributed by atoms with Crippen molar-refractivity contribution in [1.82, 2.24) is 15.4 Å². The minimum Gasteiger partial charge on any atom is -0.496 e. The summed E-state index contributed by atoms with van der Waals surface area (Å²) in [6.45, 7) is 1.51. The normalized spacial score (nSPS) is 16.2. The van der Waals surface area contributed by atoms with Gasteiger partial charge < -0.3 is 14.2 Å². The lowest BCUT2D eigenvalue weighted by Crippen LogP contribution is -2.38. The lowest BCUT2D eigenvalue weighted by molar-refractivity contribution is -0.120. The number of rotatable bonds is 5. The van der Waals surface area contributed by atoms with Gasteiger partial charge in [-0.3, -0.25) is 10.1 Å². The van der Waals surface area contributed by atoms with E-state index < -0.39 is 0 Å². The molecule has 3 aromatic rings. The summed E-state index contributed by atoms with van der Waals surface area (Å²) in [5, 5.41) is 15.8. The Bertz CT molecular complexity index is 1080. The van der Waals surface area contributed by atoms with E-state index in [-0.39, 0.29) is 11.8 Å². The van der Waals surface area contributed by atoms with Crippen molar-refractivity contribution in [3.8, 4) is 17.0 Å². The quantitative estimate of drug-likeness (QED) is 0.645. The average molecular weight is 438 g/mol. The zero-order valence-electron chi connectivity index (χ0n) is 17.2. The number of anilines is 2. The summed E-state index contributed by atoms with van der Waals surface area (Å²) in [5.74, 6) is 3.76. The third-order valence-electron chi connectivity index (χ3n) is 5.81. The van der Waals surface area contributed by atoms with Crippen LogP contribution in [0.5, 0.6) is 5.75 Å². The molecule has 0 radical (unpaired) electrons. The van der Waals surface area contributed by atoms with Gasteiger partial charge in [0, 0.05) is 36.1 Å². The number of methoxy groups -OCH3 is 1. The van der Waals surface area contributed by atoms with Crippen LogP contribution in [0, 0.1) is 5.92 Å². The van der Waals surface area contributed by atoms with Crippen molar-refractivity contribution in [3.63, 3.8) is 0 Å². The number of thioether (sulfide) groups is 1. The molecule has 0 spiro atoms. The van der Waals surface area contributed by atoms with Crippen molar-refractivity contribution in [3.05, 3.63) is 47.7 Å². The molecule has 1 amide bonds. The van der Waals surface area contributed by atoms with Crippen LogP contribution >= 0.6 is 11.8 Å². The van der Waals surface area contributed by atoms with Gasteiger partial charge in [0.05, 0.1) is 24.1 Å². The SMILES string of the molecule is COc1ccccc1-c1ccc(N2CCC(C(=O)Nc3onc4c3CSC4)CC2)nn1. The maximum absolute atomic E-state index is 12.7. The molecule has 1 N–H and O–H groups in total. The average Bonchev–Trinajstić information content (AvgIpc) is 3.44. The molecule has 1 saturated heterocycles. The van der Waals surface area contributed by atoms with E-state index in [1.807, 2.05) is 36.4 Å². The number of hydrogen-bond donors (Lipinski definition) is 1. The fourth-order valence-corrected chi connectivity index (χ4v) is 5.06. The highest BCUT2D eigenvalue weighted by molar-refractivity contribution is 7.98. The van der Waals surface area contributed by atoms with E-state index in [0.29, 0.717) is 5.88 Å². The molecule has 31 heavy (non-hydrogen) atoms. The highest BCUT2D eigenvalue weighted by Crippen LogP contribution is 2.35. The fraction of sp³-hybridized carbons (Fsp3) is 0.364. The van der Waals surface area contributed by atoms with Crippen molar-refractivity contribution < 1.29 is 14.1 Å². The van der Waals surface area contributed by atoms with Gasteiger partial charge in [-0.2, -0.15) is 11.8 Å². The Morgan fingerprint density at radius 1 is 1.16 bits per heavy atom. The Hall–Kier alpha value is -3.07. The number of nitrogens with one attached hydrogen (secondary N) is 1. The first-order valence-corrected chi connectivity index (χ1v) is 11.5. The predicted octanol–water partition coefficient (Wildman–Crippen LogP) is 3.74. The Labute approximate surface area is 184 Å². The first-order valence-electron chi connectivity index (χ1n) is 10.3. The number of amides is 1. The molecule has 0 saturated carbocycles. The predicted molar refractivity (Wildman–Crippen MR) is 119 cm³/mol. The summed E-state index contributed by atoms with van der Waals surface area (Å²) in [6, 6.07) is 11.7. The van der Waals surface area contributed by atoms with Gasteiger partial charge in [0.25, 0.3) is 0 Å². The van der Waals surface area contributed by atoms with Crippen LogP contribution in [0.4, 0.5) is 11.7 Å². The van der Waals surface area contributed by atoms with E-state index in [9.17, 15) is 4.79 Å². The number of aromatic nitrogens is 3. The molecular weight excluding hydrogens is 414 g/mol. The molecule has 2 aliphatic rings. The number of piperidine rings is 1. The summed E-state index contributed by atoms with van der Waals surface area (Å²) in [4.78, 5) is 14.9.